The summed E-state index contributed by atoms with van der Waals surface area (Å²) in [6.45, 7) is 3.49. The third-order valence-electron chi connectivity index (χ3n) is 7.15. The zero-order valence-corrected chi connectivity index (χ0v) is 20.8. The first-order valence-corrected chi connectivity index (χ1v) is 12.6. The molecule has 0 spiro atoms. The largest absolute Gasteiger partial charge is 0.396 e. The predicted octanol–water partition coefficient (Wildman–Crippen LogP) is 2.57. The van der Waals surface area contributed by atoms with Gasteiger partial charge in [0.1, 0.15) is 0 Å². The van der Waals surface area contributed by atoms with Crippen molar-refractivity contribution in [3.63, 3.8) is 0 Å². The molecule has 0 aliphatic carbocycles. The van der Waals surface area contributed by atoms with Crippen LogP contribution < -0.4 is 9.80 Å². The maximum Gasteiger partial charge on any atom is 0.264 e. The fourth-order valence-corrected chi connectivity index (χ4v) is 4.98. The van der Waals surface area contributed by atoms with E-state index in [1.54, 1.807) is 14.5 Å². The summed E-state index contributed by atoms with van der Waals surface area (Å²) in [5, 5.41) is 28.9. The molecular weight excluding hydrogens is 470 g/mol. The molecule has 9 heteroatoms. The highest BCUT2D eigenvalue weighted by molar-refractivity contribution is 6.07. The first-order chi connectivity index (χ1) is 17.9. The van der Waals surface area contributed by atoms with Crippen molar-refractivity contribution in [2.24, 2.45) is 5.92 Å². The second-order valence-electron chi connectivity index (χ2n) is 9.59. The molecule has 2 aromatic carbocycles. The number of para-hydroxylation sites is 1. The van der Waals surface area contributed by atoms with E-state index in [2.05, 4.69) is 10.3 Å². The van der Waals surface area contributed by atoms with Crippen molar-refractivity contribution < 1.29 is 19.8 Å². The fraction of sp³-hybridized carbons (Fsp3) is 0.357. The number of β-lactam (4-membered cyclic amide) rings is 1. The topological polar surface area (TPSA) is 112 Å². The van der Waals surface area contributed by atoms with Crippen molar-refractivity contribution in [3.8, 4) is 0 Å². The summed E-state index contributed by atoms with van der Waals surface area (Å²) >= 11 is 0. The van der Waals surface area contributed by atoms with Gasteiger partial charge in [0, 0.05) is 55.9 Å². The number of carbonyl (C=O) groups excluding carboxylic acids is 2. The molecule has 2 N–H and O–H groups in total. The number of anilines is 2. The molecule has 1 aromatic heterocycles. The van der Waals surface area contributed by atoms with E-state index in [0.717, 1.165) is 16.9 Å². The van der Waals surface area contributed by atoms with Gasteiger partial charge in [0.05, 0.1) is 17.9 Å². The van der Waals surface area contributed by atoms with E-state index < -0.39 is 11.5 Å². The third kappa shape index (κ3) is 4.68. The Bertz CT molecular complexity index is 1340. The molecule has 192 valence electrons. The van der Waals surface area contributed by atoms with Crippen LogP contribution in [0.1, 0.15) is 36.6 Å². The van der Waals surface area contributed by atoms with Gasteiger partial charge in [0.2, 0.25) is 5.91 Å². The fourth-order valence-electron chi connectivity index (χ4n) is 4.98. The Morgan fingerprint density at radius 2 is 2.00 bits per heavy atom. The number of amides is 2. The van der Waals surface area contributed by atoms with Crippen LogP contribution in [-0.4, -0.2) is 50.2 Å². The Balaban J connectivity index is 1.31. The van der Waals surface area contributed by atoms with Crippen molar-refractivity contribution in [1.29, 1.82) is 0 Å². The van der Waals surface area contributed by atoms with Gasteiger partial charge >= 0.3 is 0 Å². The lowest BCUT2D eigenvalue weighted by Crippen LogP contribution is -2.44. The van der Waals surface area contributed by atoms with Gasteiger partial charge in [0.15, 0.2) is 5.60 Å². The molecule has 0 bridgehead atoms. The second-order valence-corrected chi connectivity index (χ2v) is 9.59. The van der Waals surface area contributed by atoms with Gasteiger partial charge in [0.25, 0.3) is 5.91 Å². The Kier molecular flexibility index (Phi) is 6.90. The quantitative estimate of drug-likeness (QED) is 0.326. The summed E-state index contributed by atoms with van der Waals surface area (Å²) in [5.74, 6) is -0.720. The Labute approximate surface area is 215 Å². The summed E-state index contributed by atoms with van der Waals surface area (Å²) < 4.78 is 1.72. The molecular formula is C28H31N5O4. The number of rotatable bonds is 10. The first-order valence-electron chi connectivity index (χ1n) is 12.6. The van der Waals surface area contributed by atoms with E-state index in [-0.39, 0.29) is 18.4 Å². The van der Waals surface area contributed by atoms with E-state index >= 15 is 0 Å². The van der Waals surface area contributed by atoms with Gasteiger partial charge in [-0.1, -0.05) is 54.6 Å². The summed E-state index contributed by atoms with van der Waals surface area (Å²) in [6.07, 6.45) is 7.32. The zero-order valence-electron chi connectivity index (χ0n) is 20.8. The van der Waals surface area contributed by atoms with Crippen LogP contribution in [0.4, 0.5) is 11.4 Å². The molecule has 0 unspecified atom stereocenters. The van der Waals surface area contributed by atoms with Gasteiger partial charge in [-0.25, -0.2) is 0 Å². The number of hydrogen-bond donors (Lipinski definition) is 2. The van der Waals surface area contributed by atoms with Crippen LogP contribution >= 0.6 is 0 Å². The highest BCUT2D eigenvalue weighted by Crippen LogP contribution is 2.45. The van der Waals surface area contributed by atoms with Gasteiger partial charge in [-0.15, -0.1) is 5.10 Å². The molecule has 1 saturated heterocycles. The monoisotopic (exact) mass is 501 g/mol. The molecule has 1 fully saturated rings. The second kappa shape index (κ2) is 10.3. The number of allylic oxidation sites excluding steroid dienone is 1. The maximum atomic E-state index is 13.7. The van der Waals surface area contributed by atoms with Crippen molar-refractivity contribution >= 4 is 23.2 Å². The Morgan fingerprint density at radius 1 is 1.16 bits per heavy atom. The minimum absolute atomic E-state index is 0.0325. The molecule has 0 radical (unpaired) electrons. The average molecular weight is 502 g/mol. The van der Waals surface area contributed by atoms with Gasteiger partial charge < -0.3 is 20.0 Å². The molecule has 5 rings (SSSR count). The molecule has 2 atom stereocenters. The molecule has 9 nitrogen and oxygen atoms in total. The molecule has 2 aliphatic rings. The molecule has 0 saturated carbocycles. The number of carbonyl (C=O) groups is 2. The van der Waals surface area contributed by atoms with Crippen LogP contribution in [-0.2, 0) is 34.7 Å². The predicted molar refractivity (Wildman–Crippen MR) is 139 cm³/mol. The molecule has 2 amide bonds. The summed E-state index contributed by atoms with van der Waals surface area (Å²) in [6, 6.07) is 15.0. The van der Waals surface area contributed by atoms with Crippen molar-refractivity contribution in [2.45, 2.75) is 44.9 Å². The SMILES string of the molecule is C[C@@H](/C=C/CCn1cc(CCO)nn1)[C@]1(O)C(=O)N(Cc2cccc(N3CCC3=O)c2)c2ccccc21. The smallest absolute Gasteiger partial charge is 0.264 e. The van der Waals surface area contributed by atoms with E-state index in [0.29, 0.717) is 50.1 Å². The lowest BCUT2D eigenvalue weighted by molar-refractivity contribution is -0.139. The van der Waals surface area contributed by atoms with Gasteiger partial charge in [-0.3, -0.25) is 14.3 Å². The van der Waals surface area contributed by atoms with E-state index in [1.807, 2.05) is 73.8 Å². The van der Waals surface area contributed by atoms with Crippen LogP contribution in [0.3, 0.4) is 0 Å². The molecule has 2 aliphatic heterocycles. The number of fused-ring (bicyclic) bond motifs is 1. The van der Waals surface area contributed by atoms with Crippen LogP contribution in [0, 0.1) is 5.92 Å². The third-order valence-corrected chi connectivity index (χ3v) is 7.15. The number of aliphatic hydroxyl groups is 2. The summed E-state index contributed by atoms with van der Waals surface area (Å²) in [5.41, 5.74) is 2.07. The standard InChI is InChI=1S/C28H31N5O4/c1-20(7-4-5-14-31-19-22(13-16-34)29-30-31)28(37)24-10-2-3-11-25(24)33(27(28)36)18-21-8-6-9-23(17-21)32-15-12-26(32)35/h2-4,6-11,17,19-20,34,37H,5,12-16,18H2,1H3/b7-4+/t20-,28+/m0/s1. The summed E-state index contributed by atoms with van der Waals surface area (Å²) in [4.78, 5) is 29.0. The average Bonchev–Trinajstić information content (AvgIpc) is 3.43. The molecule has 3 aromatic rings. The Hall–Kier alpha value is -3.82. The van der Waals surface area contributed by atoms with Crippen LogP contribution in [0.25, 0.3) is 0 Å². The normalized spacial score (nSPS) is 20.0. The minimum atomic E-state index is -1.68. The number of hydrogen-bond acceptors (Lipinski definition) is 6. The van der Waals surface area contributed by atoms with Gasteiger partial charge in [-0.05, 0) is 30.2 Å². The number of aromatic nitrogens is 3. The van der Waals surface area contributed by atoms with Crippen LogP contribution in [0.15, 0.2) is 66.9 Å². The number of nitrogens with zero attached hydrogens (tertiary/aromatic N) is 5. The number of aryl methyl sites for hydroxylation is 1. The van der Waals surface area contributed by atoms with E-state index in [4.69, 9.17) is 5.11 Å². The number of benzene rings is 2. The van der Waals surface area contributed by atoms with Crippen molar-refractivity contribution in [2.75, 3.05) is 23.0 Å². The molecule has 37 heavy (non-hydrogen) atoms. The van der Waals surface area contributed by atoms with Crippen LogP contribution in [0.5, 0.6) is 0 Å². The highest BCUT2D eigenvalue weighted by Gasteiger charge is 2.52. The lowest BCUT2D eigenvalue weighted by Gasteiger charge is -2.31. The van der Waals surface area contributed by atoms with Crippen molar-refractivity contribution in [3.05, 3.63) is 83.7 Å². The lowest BCUT2D eigenvalue weighted by atomic mass is 9.83. The summed E-state index contributed by atoms with van der Waals surface area (Å²) in [7, 11) is 0. The van der Waals surface area contributed by atoms with E-state index in [1.165, 1.54) is 0 Å². The van der Waals surface area contributed by atoms with Crippen LogP contribution in [0.2, 0.25) is 0 Å². The molecule has 3 heterocycles. The highest BCUT2D eigenvalue weighted by atomic mass is 16.3. The number of aliphatic hydroxyl groups excluding tert-OH is 1. The van der Waals surface area contributed by atoms with E-state index in [9.17, 15) is 14.7 Å². The van der Waals surface area contributed by atoms with Crippen molar-refractivity contribution in [1.82, 2.24) is 15.0 Å². The zero-order chi connectivity index (χ0) is 26.0. The maximum absolute atomic E-state index is 13.7. The Morgan fingerprint density at radius 3 is 2.76 bits per heavy atom. The minimum Gasteiger partial charge on any atom is -0.396 e. The first kappa shape index (κ1) is 24.9. The van der Waals surface area contributed by atoms with Gasteiger partial charge in [-0.2, -0.15) is 0 Å².